The van der Waals surface area contributed by atoms with E-state index in [1.165, 1.54) is 24.0 Å². The molecule has 3 rings (SSSR count). The summed E-state index contributed by atoms with van der Waals surface area (Å²) in [7, 11) is 0. The monoisotopic (exact) mass is 326 g/mol. The molecule has 1 heterocycles. The van der Waals surface area contributed by atoms with E-state index in [2.05, 4.69) is 15.5 Å². The van der Waals surface area contributed by atoms with Gasteiger partial charge in [0.05, 0.1) is 12.0 Å². The van der Waals surface area contributed by atoms with E-state index in [4.69, 9.17) is 0 Å². The largest absolute Gasteiger partial charge is 0.872 e. The van der Waals surface area contributed by atoms with Gasteiger partial charge >= 0.3 is 0 Å². The Balaban J connectivity index is 1.47. The Hall–Kier alpha value is -2.64. The van der Waals surface area contributed by atoms with E-state index in [1.54, 1.807) is 18.2 Å². The summed E-state index contributed by atoms with van der Waals surface area (Å²) in [6.07, 6.45) is 1.35. The third-order valence-electron chi connectivity index (χ3n) is 3.11. The van der Waals surface area contributed by atoms with Gasteiger partial charge in [-0.05, 0) is 23.4 Å². The van der Waals surface area contributed by atoms with Crippen LogP contribution in [0.4, 0.5) is 11.4 Å². The predicted molar refractivity (Wildman–Crippen MR) is 89.2 cm³/mol. The number of para-hydroxylation sites is 3. The summed E-state index contributed by atoms with van der Waals surface area (Å²) in [6.45, 7) is 0. The molecule has 0 bridgehead atoms. The summed E-state index contributed by atoms with van der Waals surface area (Å²) in [4.78, 5) is 16.2. The van der Waals surface area contributed by atoms with Gasteiger partial charge in [0.2, 0.25) is 0 Å². The summed E-state index contributed by atoms with van der Waals surface area (Å²) in [5.74, 6) is -0.172. The summed E-state index contributed by atoms with van der Waals surface area (Å²) < 4.78 is 0. The lowest BCUT2D eigenvalue weighted by atomic mass is 10.2. The molecule has 116 valence electrons. The fraction of sp³-hybridized carbons (Fsp3) is 0.0625. The number of carbonyl (C=O) groups excluding carboxylic acids is 1. The fourth-order valence-electron chi connectivity index (χ4n) is 2.00. The Bertz CT molecular complexity index is 789. The van der Waals surface area contributed by atoms with E-state index < -0.39 is 0 Å². The van der Waals surface area contributed by atoms with Crippen molar-refractivity contribution in [2.75, 3.05) is 5.75 Å². The van der Waals surface area contributed by atoms with Crippen LogP contribution in [-0.4, -0.2) is 23.0 Å². The van der Waals surface area contributed by atoms with Gasteiger partial charge in [0.1, 0.15) is 5.69 Å². The molecule has 2 aromatic rings. The molecule has 1 aliphatic heterocycles. The molecule has 0 aliphatic carbocycles. The van der Waals surface area contributed by atoms with Gasteiger partial charge in [-0.3, -0.25) is 10.1 Å². The molecule has 0 saturated heterocycles. The first-order chi connectivity index (χ1) is 11.2. The molecular weight excluding hydrogens is 312 g/mol. The van der Waals surface area contributed by atoms with Crippen LogP contribution in [0.15, 0.2) is 58.6 Å². The number of fused-ring (bicyclic) bond motifs is 1. The zero-order valence-corrected chi connectivity index (χ0v) is 12.9. The number of thioether (sulfide) groups is 1. The Kier molecular flexibility index (Phi) is 4.70. The standard InChI is InChI=1S/C16H14N4O2S/c21-14-8-4-1-5-11(14)9-17-20-15(22)10-23-16-18-12-6-2-3-7-13(12)19-16/h1-9,21H,10H2,(H,18,19)(H,20,22)/b17-9+. The lowest BCUT2D eigenvalue weighted by molar-refractivity contribution is -0.432. The maximum absolute atomic E-state index is 11.8. The maximum atomic E-state index is 11.8. The number of nitrogens with zero attached hydrogens (tertiary/aromatic N) is 2. The summed E-state index contributed by atoms with van der Waals surface area (Å²) in [5, 5.41) is 18.0. The number of amidine groups is 1. The zero-order valence-electron chi connectivity index (χ0n) is 12.1. The second-order valence-electron chi connectivity index (χ2n) is 4.77. The fourth-order valence-corrected chi connectivity index (χ4v) is 2.72. The molecule has 0 fully saturated rings. The Morgan fingerprint density at radius 3 is 2.87 bits per heavy atom. The van der Waals surface area contributed by atoms with Gasteiger partial charge < -0.3 is 5.11 Å². The van der Waals surface area contributed by atoms with Crippen LogP contribution < -0.4 is 15.8 Å². The molecule has 2 aromatic carbocycles. The molecule has 0 spiro atoms. The minimum atomic E-state index is -0.248. The van der Waals surface area contributed by atoms with Crippen LogP contribution in [0.3, 0.4) is 0 Å². The van der Waals surface area contributed by atoms with Crippen molar-refractivity contribution >= 4 is 40.4 Å². The summed E-state index contributed by atoms with van der Waals surface area (Å²) >= 11 is 1.34. The van der Waals surface area contributed by atoms with Gasteiger partial charge in [-0.1, -0.05) is 42.1 Å². The van der Waals surface area contributed by atoms with E-state index in [0.717, 1.165) is 16.5 Å². The number of carbonyl (C=O) groups is 1. The van der Waals surface area contributed by atoms with Crippen LogP contribution >= 0.6 is 11.8 Å². The van der Waals surface area contributed by atoms with Crippen molar-refractivity contribution in [1.82, 2.24) is 5.43 Å². The Labute approximate surface area is 137 Å². The molecule has 1 amide bonds. The first kappa shape index (κ1) is 15.3. The van der Waals surface area contributed by atoms with Gasteiger partial charge in [0.25, 0.3) is 11.1 Å². The van der Waals surface area contributed by atoms with Gasteiger partial charge in [0, 0.05) is 6.07 Å². The number of quaternary nitrogens is 1. The van der Waals surface area contributed by atoms with Gasteiger partial charge in [-0.25, -0.2) is 5.43 Å². The smallest absolute Gasteiger partial charge is 0.266 e. The molecule has 0 saturated carbocycles. The molecule has 0 radical (unpaired) electrons. The minimum Gasteiger partial charge on any atom is -0.872 e. The number of hydrogen-bond donors (Lipinski definition) is 2. The highest BCUT2D eigenvalue weighted by Gasteiger charge is 2.19. The normalized spacial score (nSPS) is 13.0. The van der Waals surface area contributed by atoms with E-state index in [-0.39, 0.29) is 17.4 Å². The van der Waals surface area contributed by atoms with E-state index in [9.17, 15) is 9.90 Å². The summed E-state index contributed by atoms with van der Waals surface area (Å²) in [5.41, 5.74) is 4.81. The second-order valence-corrected chi connectivity index (χ2v) is 5.77. The first-order valence-electron chi connectivity index (χ1n) is 6.95. The Morgan fingerprint density at radius 1 is 1.26 bits per heavy atom. The molecule has 6 nitrogen and oxygen atoms in total. The first-order valence-corrected chi connectivity index (χ1v) is 7.94. The van der Waals surface area contributed by atoms with Crippen LogP contribution in [0, 0.1) is 0 Å². The number of rotatable bonds is 4. The number of hydrazone groups is 1. The van der Waals surface area contributed by atoms with Gasteiger partial charge in [-0.2, -0.15) is 10.1 Å². The molecule has 0 aromatic heterocycles. The molecule has 7 heteroatoms. The van der Waals surface area contributed by atoms with Crippen molar-refractivity contribution in [3.05, 3.63) is 54.1 Å². The average molecular weight is 326 g/mol. The van der Waals surface area contributed by atoms with Crippen LogP contribution in [0.25, 0.3) is 0 Å². The van der Waals surface area contributed by atoms with Crippen molar-refractivity contribution in [3.8, 4) is 5.75 Å². The van der Waals surface area contributed by atoms with E-state index >= 15 is 0 Å². The predicted octanol–water partition coefficient (Wildman–Crippen LogP) is 0.840. The van der Waals surface area contributed by atoms with Crippen LogP contribution in [-0.2, 0) is 4.79 Å². The minimum absolute atomic E-state index is 0.132. The van der Waals surface area contributed by atoms with Crippen molar-refractivity contribution in [2.45, 2.75) is 0 Å². The number of amides is 1. The third-order valence-corrected chi connectivity index (χ3v) is 4.02. The number of aliphatic imine (C=N–C) groups is 1. The molecule has 1 aliphatic rings. The van der Waals surface area contributed by atoms with Crippen molar-refractivity contribution in [1.29, 1.82) is 0 Å². The van der Waals surface area contributed by atoms with Crippen LogP contribution in [0.1, 0.15) is 5.56 Å². The molecule has 3 N–H and O–H groups in total. The highest BCUT2D eigenvalue weighted by molar-refractivity contribution is 8.13. The number of nitrogens with one attached hydrogen (secondary N) is 1. The van der Waals surface area contributed by atoms with Crippen LogP contribution in [0.2, 0.25) is 0 Å². The highest BCUT2D eigenvalue weighted by atomic mass is 32.2. The highest BCUT2D eigenvalue weighted by Crippen LogP contribution is 2.25. The zero-order chi connectivity index (χ0) is 16.1. The lowest BCUT2D eigenvalue weighted by Crippen LogP contribution is -2.79. The second kappa shape index (κ2) is 7.08. The van der Waals surface area contributed by atoms with Crippen molar-refractivity contribution < 1.29 is 15.2 Å². The lowest BCUT2D eigenvalue weighted by Gasteiger charge is -2.07. The van der Waals surface area contributed by atoms with Crippen molar-refractivity contribution in [2.24, 2.45) is 10.1 Å². The van der Waals surface area contributed by atoms with E-state index in [1.807, 2.05) is 29.6 Å². The van der Waals surface area contributed by atoms with E-state index in [0.29, 0.717) is 5.56 Å². The SMILES string of the molecule is O=C(CSC1=Nc2ccccc2[NH2+]1)N/N=C/c1ccccc1[O-]. The topological polar surface area (TPSA) is 93.5 Å². The number of nitrogens with two attached hydrogens (primary N) is 1. The number of benzene rings is 2. The molecular formula is C16H14N4O2S. The number of hydrogen-bond acceptors (Lipinski definition) is 5. The molecule has 23 heavy (non-hydrogen) atoms. The Morgan fingerprint density at radius 2 is 2.04 bits per heavy atom. The average Bonchev–Trinajstić information content (AvgIpc) is 2.98. The van der Waals surface area contributed by atoms with Crippen LogP contribution in [0.5, 0.6) is 5.75 Å². The van der Waals surface area contributed by atoms with Crippen molar-refractivity contribution in [3.63, 3.8) is 0 Å². The summed E-state index contributed by atoms with van der Waals surface area (Å²) in [6, 6.07) is 14.3. The third kappa shape index (κ3) is 3.97. The molecule has 0 unspecified atom stereocenters. The van der Waals surface area contributed by atoms with Gasteiger partial charge in [-0.15, -0.1) is 0 Å². The maximum Gasteiger partial charge on any atom is 0.266 e. The molecule has 0 atom stereocenters. The van der Waals surface area contributed by atoms with Gasteiger partial charge in [0.15, 0.2) is 5.69 Å². The quantitative estimate of drug-likeness (QED) is 0.495.